The van der Waals surface area contributed by atoms with Gasteiger partial charge in [0.15, 0.2) is 5.82 Å². The minimum absolute atomic E-state index is 0.0500. The molecule has 154 valence electrons. The molecule has 0 N–H and O–H groups in total. The average Bonchev–Trinajstić information content (AvgIpc) is 3.48. The van der Waals surface area contributed by atoms with Crippen molar-refractivity contribution in [1.29, 1.82) is 0 Å². The van der Waals surface area contributed by atoms with E-state index in [9.17, 15) is 4.79 Å². The predicted octanol–water partition coefficient (Wildman–Crippen LogP) is 3.86. The number of amides is 1. The first-order valence-electron chi connectivity index (χ1n) is 11.5. The van der Waals surface area contributed by atoms with Crippen molar-refractivity contribution in [2.24, 2.45) is 11.8 Å². The van der Waals surface area contributed by atoms with Crippen LogP contribution in [-0.2, 0) is 16.0 Å². The monoisotopic (exact) mass is 387 g/mol. The van der Waals surface area contributed by atoms with Gasteiger partial charge in [0.2, 0.25) is 11.8 Å². The predicted molar refractivity (Wildman–Crippen MR) is 104 cm³/mol. The molecule has 1 aromatic rings. The highest BCUT2D eigenvalue weighted by atomic mass is 16.5. The van der Waals surface area contributed by atoms with Gasteiger partial charge in [-0.15, -0.1) is 0 Å². The molecule has 6 nitrogen and oxygen atoms in total. The summed E-state index contributed by atoms with van der Waals surface area (Å²) in [5, 5.41) is 4.16. The second-order valence-corrected chi connectivity index (χ2v) is 9.58. The number of nitrogens with zero attached hydrogens (tertiary/aromatic N) is 3. The highest BCUT2D eigenvalue weighted by molar-refractivity contribution is 5.79. The molecular formula is C22H33N3O3. The Balaban J connectivity index is 1.15. The first kappa shape index (κ1) is 18.6. The Kier molecular flexibility index (Phi) is 5.16. The third kappa shape index (κ3) is 3.98. The Morgan fingerprint density at radius 3 is 2.61 bits per heavy atom. The van der Waals surface area contributed by atoms with E-state index in [1.165, 1.54) is 32.1 Å². The van der Waals surface area contributed by atoms with E-state index in [0.29, 0.717) is 17.7 Å². The maximum Gasteiger partial charge on any atom is 0.226 e. The molecule has 1 amide bonds. The Labute approximate surface area is 167 Å². The Morgan fingerprint density at radius 1 is 1.07 bits per heavy atom. The quantitative estimate of drug-likeness (QED) is 0.785. The van der Waals surface area contributed by atoms with Gasteiger partial charge in [0, 0.05) is 38.0 Å². The molecular weight excluding hydrogens is 354 g/mol. The lowest BCUT2D eigenvalue weighted by atomic mass is 9.78. The number of hydrogen-bond acceptors (Lipinski definition) is 5. The minimum Gasteiger partial charge on any atom is -0.375 e. The number of aromatic nitrogens is 2. The van der Waals surface area contributed by atoms with Gasteiger partial charge < -0.3 is 14.2 Å². The lowest BCUT2D eigenvalue weighted by molar-refractivity contribution is -0.151. The van der Waals surface area contributed by atoms with E-state index in [1.54, 1.807) is 0 Å². The Bertz CT molecular complexity index is 685. The van der Waals surface area contributed by atoms with E-state index in [-0.39, 0.29) is 11.5 Å². The fraction of sp³-hybridized carbons (Fsp3) is 0.864. The molecule has 1 atom stereocenters. The molecule has 3 heterocycles. The van der Waals surface area contributed by atoms with Gasteiger partial charge in [-0.25, -0.2) is 0 Å². The summed E-state index contributed by atoms with van der Waals surface area (Å²) in [5.74, 6) is 3.48. The summed E-state index contributed by atoms with van der Waals surface area (Å²) in [6.45, 7) is 2.52. The van der Waals surface area contributed by atoms with E-state index in [1.807, 2.05) is 0 Å². The van der Waals surface area contributed by atoms with Gasteiger partial charge in [-0.05, 0) is 57.3 Å². The lowest BCUT2D eigenvalue weighted by Gasteiger charge is -2.46. The second kappa shape index (κ2) is 7.77. The van der Waals surface area contributed by atoms with Gasteiger partial charge in [-0.1, -0.05) is 24.4 Å². The van der Waals surface area contributed by atoms with Crippen LogP contribution in [0.15, 0.2) is 4.52 Å². The number of ether oxygens (including phenoxy) is 1. The van der Waals surface area contributed by atoms with Crippen molar-refractivity contribution in [3.63, 3.8) is 0 Å². The van der Waals surface area contributed by atoms with Crippen LogP contribution in [0, 0.1) is 11.8 Å². The summed E-state index contributed by atoms with van der Waals surface area (Å²) in [6.07, 6.45) is 13.3. The molecule has 1 unspecified atom stereocenters. The zero-order valence-electron chi connectivity index (χ0n) is 16.9. The molecule has 0 radical (unpaired) electrons. The SMILES string of the molecule is O=C(C1CCCCC1)N1CCC2(CC1)CC(Cc1nc(C3CC3)no1)CCO2. The van der Waals surface area contributed by atoms with Crippen molar-refractivity contribution in [2.45, 2.75) is 88.6 Å². The van der Waals surface area contributed by atoms with Gasteiger partial charge in [0.25, 0.3) is 0 Å². The fourth-order valence-electron chi connectivity index (χ4n) is 5.50. The van der Waals surface area contributed by atoms with Gasteiger partial charge in [-0.2, -0.15) is 4.98 Å². The minimum atomic E-state index is -0.0500. The van der Waals surface area contributed by atoms with Crippen LogP contribution < -0.4 is 0 Å². The highest BCUT2D eigenvalue weighted by Gasteiger charge is 2.42. The van der Waals surface area contributed by atoms with Crippen LogP contribution in [0.5, 0.6) is 0 Å². The summed E-state index contributed by atoms with van der Waals surface area (Å²) in [5.41, 5.74) is -0.0500. The molecule has 1 spiro atoms. The van der Waals surface area contributed by atoms with Crippen LogP contribution in [0.2, 0.25) is 0 Å². The molecule has 28 heavy (non-hydrogen) atoms. The third-order valence-corrected chi connectivity index (χ3v) is 7.43. The zero-order valence-corrected chi connectivity index (χ0v) is 16.9. The van der Waals surface area contributed by atoms with Gasteiger partial charge in [-0.3, -0.25) is 4.79 Å². The molecule has 4 aliphatic rings. The maximum atomic E-state index is 12.8. The van der Waals surface area contributed by atoms with E-state index < -0.39 is 0 Å². The smallest absolute Gasteiger partial charge is 0.226 e. The van der Waals surface area contributed by atoms with E-state index in [0.717, 1.165) is 76.4 Å². The Hall–Kier alpha value is -1.43. The topological polar surface area (TPSA) is 68.5 Å². The maximum absolute atomic E-state index is 12.8. The van der Waals surface area contributed by atoms with Crippen LogP contribution in [0.1, 0.15) is 88.3 Å². The molecule has 0 aromatic carbocycles. The standard InChI is InChI=1S/C22H33N3O3/c26-21(18-4-2-1-3-5-18)25-11-9-22(10-12-25)15-16(8-13-27-22)14-19-23-20(24-28-19)17-6-7-17/h16-18H,1-15H2. The van der Waals surface area contributed by atoms with Gasteiger partial charge in [0.05, 0.1) is 5.60 Å². The summed E-state index contributed by atoms with van der Waals surface area (Å²) in [6, 6.07) is 0. The number of carbonyl (C=O) groups is 1. The number of likely N-dealkylation sites (tertiary alicyclic amines) is 1. The van der Waals surface area contributed by atoms with Crippen molar-refractivity contribution in [1.82, 2.24) is 15.0 Å². The number of piperidine rings is 1. The molecule has 2 aliphatic carbocycles. The Morgan fingerprint density at radius 2 is 1.86 bits per heavy atom. The fourth-order valence-corrected chi connectivity index (χ4v) is 5.50. The van der Waals surface area contributed by atoms with Gasteiger partial charge in [0.1, 0.15) is 0 Å². The molecule has 0 bridgehead atoms. The van der Waals surface area contributed by atoms with E-state index in [4.69, 9.17) is 9.26 Å². The lowest BCUT2D eigenvalue weighted by Crippen LogP contribution is -2.52. The largest absolute Gasteiger partial charge is 0.375 e. The van der Waals surface area contributed by atoms with E-state index in [2.05, 4.69) is 15.0 Å². The van der Waals surface area contributed by atoms with Gasteiger partial charge >= 0.3 is 0 Å². The molecule has 5 rings (SSSR count). The second-order valence-electron chi connectivity index (χ2n) is 9.58. The van der Waals surface area contributed by atoms with E-state index >= 15 is 0 Å². The first-order chi connectivity index (χ1) is 13.7. The normalized spacial score (nSPS) is 28.6. The van der Waals surface area contributed by atoms with Crippen LogP contribution in [0.4, 0.5) is 0 Å². The molecule has 6 heteroatoms. The zero-order chi connectivity index (χ0) is 19.0. The molecule has 4 fully saturated rings. The number of rotatable bonds is 4. The van der Waals surface area contributed by atoms with Crippen LogP contribution in [0.25, 0.3) is 0 Å². The van der Waals surface area contributed by atoms with Crippen molar-refractivity contribution >= 4 is 5.91 Å². The highest BCUT2D eigenvalue weighted by Crippen LogP contribution is 2.41. The molecule has 2 saturated heterocycles. The first-order valence-corrected chi connectivity index (χ1v) is 11.5. The average molecular weight is 388 g/mol. The van der Waals surface area contributed by atoms with Crippen LogP contribution in [-0.4, -0.2) is 46.2 Å². The van der Waals surface area contributed by atoms with Crippen LogP contribution in [0.3, 0.4) is 0 Å². The number of carbonyl (C=O) groups excluding carboxylic acids is 1. The van der Waals surface area contributed by atoms with Crippen molar-refractivity contribution in [2.75, 3.05) is 19.7 Å². The summed E-state index contributed by atoms with van der Waals surface area (Å²) < 4.78 is 11.8. The summed E-state index contributed by atoms with van der Waals surface area (Å²) >= 11 is 0. The number of hydrogen-bond donors (Lipinski definition) is 0. The summed E-state index contributed by atoms with van der Waals surface area (Å²) in [7, 11) is 0. The van der Waals surface area contributed by atoms with Crippen LogP contribution >= 0.6 is 0 Å². The molecule has 2 aliphatic heterocycles. The van der Waals surface area contributed by atoms with Crippen molar-refractivity contribution in [3.05, 3.63) is 11.7 Å². The molecule has 2 saturated carbocycles. The summed E-state index contributed by atoms with van der Waals surface area (Å²) in [4.78, 5) is 19.6. The third-order valence-electron chi connectivity index (χ3n) is 7.43. The van der Waals surface area contributed by atoms with Crippen molar-refractivity contribution in [3.8, 4) is 0 Å². The molecule has 1 aromatic heterocycles. The van der Waals surface area contributed by atoms with Crippen molar-refractivity contribution < 1.29 is 14.1 Å².